The summed E-state index contributed by atoms with van der Waals surface area (Å²) in [7, 11) is 0. The molecule has 3 aromatic rings. The predicted molar refractivity (Wildman–Crippen MR) is 186 cm³/mol. The number of amides is 2. The van der Waals surface area contributed by atoms with Crippen LogP contribution >= 0.6 is 58.0 Å². The Bertz CT molecular complexity index is 1980. The highest BCUT2D eigenvalue weighted by molar-refractivity contribution is 8.02. The van der Waals surface area contributed by atoms with Crippen molar-refractivity contribution in [2.24, 2.45) is 5.16 Å². The average Bonchev–Trinajstić information content (AvgIpc) is 3.69. The van der Waals surface area contributed by atoms with Crippen molar-refractivity contribution >= 4 is 104 Å². The first-order valence-electron chi connectivity index (χ1n) is 14.2. The van der Waals surface area contributed by atoms with Crippen LogP contribution in [0.2, 0.25) is 0 Å². The van der Waals surface area contributed by atoms with Gasteiger partial charge in [-0.3, -0.25) is 24.1 Å². The van der Waals surface area contributed by atoms with Gasteiger partial charge in [0.15, 0.2) is 26.7 Å². The Hall–Kier alpha value is -4.71. The van der Waals surface area contributed by atoms with E-state index in [9.17, 15) is 39.0 Å². The van der Waals surface area contributed by atoms with E-state index in [0.717, 1.165) is 35.1 Å². The van der Waals surface area contributed by atoms with E-state index in [1.165, 1.54) is 58.4 Å². The van der Waals surface area contributed by atoms with Crippen LogP contribution in [0.3, 0.4) is 0 Å². The summed E-state index contributed by atoms with van der Waals surface area (Å²) in [6, 6.07) is 2.76. The Morgan fingerprint density at radius 1 is 1.14 bits per heavy atom. The van der Waals surface area contributed by atoms with Crippen LogP contribution in [0, 0.1) is 6.92 Å². The van der Waals surface area contributed by atoms with Gasteiger partial charge in [-0.25, -0.2) is 14.6 Å². The molecule has 1 aromatic carbocycles. The number of rotatable bonds is 14. The Morgan fingerprint density at radius 3 is 2.47 bits per heavy atom. The van der Waals surface area contributed by atoms with E-state index in [0.29, 0.717) is 21.7 Å². The highest BCUT2D eigenvalue weighted by Gasteiger charge is 2.54. The number of fused-ring (bicyclic) bond motifs is 1. The second kappa shape index (κ2) is 16.1. The molecular weight excluding hydrogens is 771 g/mol. The van der Waals surface area contributed by atoms with Gasteiger partial charge in [0.05, 0.1) is 0 Å². The summed E-state index contributed by atoms with van der Waals surface area (Å²) < 4.78 is 10.8. The number of carbonyl (C=O) groups is 6. The summed E-state index contributed by atoms with van der Waals surface area (Å²) in [5, 5.41) is 35.6. The Labute approximate surface area is 308 Å². The smallest absolute Gasteiger partial charge is 0.358 e. The number of thioether (sulfide) groups is 3. The highest BCUT2D eigenvalue weighted by atomic mass is 32.2. The molecule has 18 nitrogen and oxygen atoms in total. The molecule has 5 rings (SSSR count). The lowest BCUT2D eigenvalue weighted by atomic mass is 10.0. The number of hydrogen-bond donors (Lipinski definition) is 4. The van der Waals surface area contributed by atoms with E-state index in [2.05, 4.69) is 25.7 Å². The minimum absolute atomic E-state index is 0.0552. The van der Waals surface area contributed by atoms with Crippen LogP contribution in [0.4, 0.5) is 5.13 Å². The minimum Gasteiger partial charge on any atom is -0.478 e. The number of carbonyl (C=O) groups excluding carboxylic acids is 4. The molecule has 4 heterocycles. The number of benzene rings is 1. The topological polar surface area (TPSA) is 263 Å². The van der Waals surface area contributed by atoms with Crippen molar-refractivity contribution in [2.45, 2.75) is 46.9 Å². The quantitative estimate of drug-likeness (QED) is 0.0346. The van der Waals surface area contributed by atoms with E-state index in [4.69, 9.17) is 20.0 Å². The average molecular weight is 796 g/mol. The van der Waals surface area contributed by atoms with Crippen molar-refractivity contribution in [3.8, 4) is 11.5 Å². The van der Waals surface area contributed by atoms with Gasteiger partial charge in [0.25, 0.3) is 17.3 Å². The lowest BCUT2D eigenvalue weighted by Crippen LogP contribution is -2.71. The first-order chi connectivity index (χ1) is 24.2. The summed E-state index contributed by atoms with van der Waals surface area (Å²) in [5.41, 5.74) is 3.74. The summed E-state index contributed by atoms with van der Waals surface area (Å²) in [6.45, 7) is 4.06. The normalized spacial score (nSPS) is 17.6. The molecule has 0 aliphatic carbocycles. The van der Waals surface area contributed by atoms with E-state index >= 15 is 0 Å². The van der Waals surface area contributed by atoms with Crippen LogP contribution in [0.1, 0.15) is 24.5 Å². The fourth-order valence-corrected chi connectivity index (χ4v) is 9.07. The van der Waals surface area contributed by atoms with Crippen molar-refractivity contribution in [3.63, 3.8) is 0 Å². The summed E-state index contributed by atoms with van der Waals surface area (Å²) in [6.07, 6.45) is 0. The Morgan fingerprint density at radius 2 is 1.86 bits per heavy atom. The molecule has 3 atom stereocenters. The van der Waals surface area contributed by atoms with E-state index < -0.39 is 58.3 Å². The summed E-state index contributed by atoms with van der Waals surface area (Å²) in [5.74, 6) is -5.58. The first-order valence-corrected chi connectivity index (χ1v) is 18.8. The largest absolute Gasteiger partial charge is 0.478 e. The molecule has 2 amide bonds. The third-order valence-corrected chi connectivity index (χ3v) is 11.6. The highest BCUT2D eigenvalue weighted by Crippen LogP contribution is 2.42. The number of β-lactam (4-membered cyclic amide) rings is 1. The number of oxime groups is 1. The second-order valence-corrected chi connectivity index (χ2v) is 15.7. The predicted octanol–water partition coefficient (Wildman–Crippen LogP) is 2.19. The number of thiazole rings is 1. The van der Waals surface area contributed by atoms with Crippen molar-refractivity contribution in [1.82, 2.24) is 25.4 Å². The number of aryl methyl sites for hydroxylation is 1. The van der Waals surface area contributed by atoms with Gasteiger partial charge in [-0.15, -0.1) is 33.3 Å². The number of nitrogens with two attached hydrogens (primary N) is 1. The SMILES string of the molecule is CC(=O)Oc1ccc(S[C@@H](O/N=C(\C(=O)N[C@@H]2C(=O)N3C(C(=O)O)=C(CSc4nnc(C)s4)CS[C@@H]23)c2csc(N)n2)C(=O)O)cc1OC(C)=O. The molecule has 51 heavy (non-hydrogen) atoms. The molecule has 2 aliphatic rings. The molecule has 0 bridgehead atoms. The van der Waals surface area contributed by atoms with Gasteiger partial charge in [0, 0.05) is 35.6 Å². The number of nitrogens with one attached hydrogen (secondary N) is 1. The molecule has 5 N–H and O–H groups in total. The maximum atomic E-state index is 13.6. The maximum Gasteiger partial charge on any atom is 0.358 e. The van der Waals surface area contributed by atoms with Gasteiger partial charge in [0.2, 0.25) is 0 Å². The number of carboxylic acids is 2. The molecule has 0 unspecified atom stereocenters. The van der Waals surface area contributed by atoms with E-state index in [1.54, 1.807) is 6.92 Å². The second-order valence-electron chi connectivity index (χ2n) is 10.2. The van der Waals surface area contributed by atoms with Crippen LogP contribution < -0.4 is 20.5 Å². The van der Waals surface area contributed by atoms with Crippen LogP contribution in [0.25, 0.3) is 0 Å². The lowest BCUT2D eigenvalue weighted by Gasteiger charge is -2.49. The zero-order valence-corrected chi connectivity index (χ0v) is 30.5. The van der Waals surface area contributed by atoms with Gasteiger partial charge in [-0.2, -0.15) is 0 Å². The van der Waals surface area contributed by atoms with Crippen molar-refractivity contribution < 1.29 is 53.3 Å². The van der Waals surface area contributed by atoms with E-state index in [1.807, 2.05) is 0 Å². The zero-order valence-electron chi connectivity index (χ0n) is 26.4. The van der Waals surface area contributed by atoms with Gasteiger partial charge < -0.3 is 35.6 Å². The molecule has 0 saturated carbocycles. The van der Waals surface area contributed by atoms with Crippen LogP contribution in [-0.4, -0.2) is 100 Å². The summed E-state index contributed by atoms with van der Waals surface area (Å²) in [4.78, 5) is 85.0. The molecule has 0 radical (unpaired) electrons. The third kappa shape index (κ3) is 8.97. The molecule has 2 aliphatic heterocycles. The number of carboxylic acid groups (broad SMARTS) is 2. The number of aromatic nitrogens is 3. The van der Waals surface area contributed by atoms with E-state index in [-0.39, 0.29) is 44.4 Å². The van der Waals surface area contributed by atoms with Gasteiger partial charge in [0.1, 0.15) is 27.8 Å². The lowest BCUT2D eigenvalue weighted by molar-refractivity contribution is -0.150. The minimum atomic E-state index is -1.77. The fourth-order valence-electron chi connectivity index (χ4n) is 4.47. The number of ether oxygens (including phenoxy) is 2. The van der Waals surface area contributed by atoms with Crippen LogP contribution in [-0.2, 0) is 33.6 Å². The Kier molecular flexibility index (Phi) is 11.8. The van der Waals surface area contributed by atoms with Gasteiger partial charge in [-0.1, -0.05) is 40.0 Å². The molecular formula is C28H25N7O11S5. The Balaban J connectivity index is 1.33. The third-order valence-electron chi connectivity index (χ3n) is 6.50. The molecule has 0 spiro atoms. The number of nitrogen functional groups attached to an aromatic ring is 1. The van der Waals surface area contributed by atoms with Gasteiger partial charge >= 0.3 is 23.9 Å². The number of hydrogen-bond acceptors (Lipinski definition) is 19. The van der Waals surface area contributed by atoms with Crippen LogP contribution in [0.15, 0.2) is 49.2 Å². The first kappa shape index (κ1) is 37.5. The molecule has 1 fully saturated rings. The summed E-state index contributed by atoms with van der Waals surface area (Å²) >= 11 is 5.49. The fraction of sp³-hybridized carbons (Fsp3) is 0.286. The standard InChI is InChI=1S/C28H25N7O11S5/c1-10-32-33-28(50-10)49-8-13-7-47-23-19(22(39)35(23)20(13)24(40)41)31-21(38)18(15-9-48-27(29)30-15)34-46-26(25(42)43)51-14-4-5-16(44-11(2)36)17(6-14)45-12(3)37/h4-6,9,19,23,26H,7-8H2,1-3H3,(H2,29,30)(H,31,38)(H,40,41)(H,42,43)/b34-18-/t19-,23+,26-/m1/s1. The number of anilines is 1. The zero-order chi connectivity index (χ0) is 37.0. The molecule has 268 valence electrons. The van der Waals surface area contributed by atoms with Crippen molar-refractivity contribution in [1.29, 1.82) is 0 Å². The van der Waals surface area contributed by atoms with Crippen molar-refractivity contribution in [2.75, 3.05) is 17.2 Å². The van der Waals surface area contributed by atoms with Gasteiger partial charge in [-0.05, 0) is 30.7 Å². The van der Waals surface area contributed by atoms with Crippen LogP contribution in [0.5, 0.6) is 11.5 Å². The monoisotopic (exact) mass is 795 g/mol. The molecule has 23 heteroatoms. The number of nitrogens with zero attached hydrogens (tertiary/aromatic N) is 5. The molecule has 1 saturated heterocycles. The molecule has 2 aromatic heterocycles. The maximum absolute atomic E-state index is 13.6. The van der Waals surface area contributed by atoms with Crippen molar-refractivity contribution in [3.05, 3.63) is 45.6 Å². The number of aliphatic carboxylic acids is 2. The number of esters is 2.